The first-order valence-electron chi connectivity index (χ1n) is 18.8. The van der Waals surface area contributed by atoms with E-state index in [1.807, 2.05) is 35.6 Å². The van der Waals surface area contributed by atoms with E-state index in [1.54, 1.807) is 0 Å². The predicted molar refractivity (Wildman–Crippen MR) is 235 cm³/mol. The first-order valence-corrected chi connectivity index (χ1v) is 19.6. The molecule has 0 atom stereocenters. The molecule has 0 saturated carbocycles. The molecule has 0 amide bonds. The van der Waals surface area contributed by atoms with Gasteiger partial charge in [-0.05, 0) is 100 Å². The summed E-state index contributed by atoms with van der Waals surface area (Å²) in [5.74, 6) is 0.348. The molecule has 0 fully saturated rings. The molecule has 0 spiro atoms. The minimum absolute atomic E-state index is 0.167. The summed E-state index contributed by atoms with van der Waals surface area (Å²) < 4.78 is 4.67. The lowest BCUT2D eigenvalue weighted by Gasteiger charge is -2.23. The molecular formula is C51H35N3S-2. The van der Waals surface area contributed by atoms with Crippen molar-refractivity contribution in [2.24, 2.45) is 0 Å². The van der Waals surface area contributed by atoms with Crippen molar-refractivity contribution < 1.29 is 0 Å². The minimum atomic E-state index is -0.167. The van der Waals surface area contributed by atoms with Crippen LogP contribution in [-0.4, -0.2) is 4.57 Å². The summed E-state index contributed by atoms with van der Waals surface area (Å²) in [5.41, 5.74) is 30.1. The zero-order valence-corrected chi connectivity index (χ0v) is 31.3. The highest BCUT2D eigenvalue weighted by Gasteiger charge is 2.36. The average molecular weight is 722 g/mol. The zero-order valence-electron chi connectivity index (χ0n) is 30.4. The van der Waals surface area contributed by atoms with Crippen molar-refractivity contribution in [2.75, 3.05) is 0 Å². The molecule has 1 aliphatic rings. The maximum atomic E-state index is 10.1. The Hall–Kier alpha value is -6.62. The van der Waals surface area contributed by atoms with Gasteiger partial charge in [0.15, 0.2) is 0 Å². The summed E-state index contributed by atoms with van der Waals surface area (Å²) in [6.45, 7) is 4.55. The monoisotopic (exact) mass is 721 g/mol. The number of rotatable bonds is 3. The SMILES string of the molecule is CC1(C)c2ccccc2-c2c(/C([NH-])=c3\cccc\c3=C(\[NH-])n3c4cc(-c5ccc6c(c5)sc5ccccc56)ccc4c4cc5ccccc5cc43)cccc21. The van der Waals surface area contributed by atoms with E-state index in [4.69, 9.17) is 0 Å². The summed E-state index contributed by atoms with van der Waals surface area (Å²) in [5, 5.41) is 8.55. The Morgan fingerprint density at radius 2 is 1.15 bits per heavy atom. The summed E-state index contributed by atoms with van der Waals surface area (Å²) >= 11 is 1.83. The number of fused-ring (bicyclic) bond motifs is 10. The molecule has 2 aromatic heterocycles. The molecule has 8 aromatic carbocycles. The minimum Gasteiger partial charge on any atom is -0.698 e. The van der Waals surface area contributed by atoms with Crippen LogP contribution in [-0.2, 0) is 5.41 Å². The van der Waals surface area contributed by atoms with E-state index in [0.29, 0.717) is 11.5 Å². The van der Waals surface area contributed by atoms with E-state index in [1.165, 1.54) is 42.2 Å². The lowest BCUT2D eigenvalue weighted by molar-refractivity contribution is 0.660. The topological polar surface area (TPSA) is 52.5 Å². The van der Waals surface area contributed by atoms with Crippen LogP contribution in [0.3, 0.4) is 0 Å². The number of hydrogen-bond acceptors (Lipinski definition) is 1. The van der Waals surface area contributed by atoms with Crippen molar-refractivity contribution in [3.63, 3.8) is 0 Å². The van der Waals surface area contributed by atoms with E-state index >= 15 is 0 Å². The molecule has 0 bridgehead atoms. The Balaban J connectivity index is 1.20. The van der Waals surface area contributed by atoms with Gasteiger partial charge >= 0.3 is 0 Å². The number of hydrogen-bond donors (Lipinski definition) is 0. The van der Waals surface area contributed by atoms with E-state index in [0.717, 1.165) is 59.9 Å². The largest absolute Gasteiger partial charge is 0.698 e. The van der Waals surface area contributed by atoms with Gasteiger partial charge in [0.2, 0.25) is 0 Å². The molecule has 10 aromatic rings. The molecule has 11 rings (SSSR count). The first-order chi connectivity index (χ1) is 26.9. The third kappa shape index (κ3) is 4.62. The highest BCUT2D eigenvalue weighted by atomic mass is 32.1. The van der Waals surface area contributed by atoms with Crippen molar-refractivity contribution >= 4 is 75.6 Å². The second kappa shape index (κ2) is 11.7. The number of nitrogens with zero attached hydrogens (tertiary/aromatic N) is 1. The third-order valence-electron chi connectivity index (χ3n) is 11.9. The van der Waals surface area contributed by atoms with Gasteiger partial charge in [0.1, 0.15) is 0 Å². The third-order valence-corrected chi connectivity index (χ3v) is 13.0. The maximum absolute atomic E-state index is 10.1. The van der Waals surface area contributed by atoms with Crippen molar-refractivity contribution in [1.29, 1.82) is 0 Å². The summed E-state index contributed by atoms with van der Waals surface area (Å²) in [6, 6.07) is 58.0. The van der Waals surface area contributed by atoms with Gasteiger partial charge in [0, 0.05) is 25.6 Å². The van der Waals surface area contributed by atoms with Crippen molar-refractivity contribution in [3.05, 3.63) is 202 Å². The Bertz CT molecular complexity index is 3380. The molecule has 0 saturated heterocycles. The van der Waals surface area contributed by atoms with Gasteiger partial charge < -0.3 is 16.0 Å². The smallest absolute Gasteiger partial charge is 0.0361 e. The zero-order chi connectivity index (χ0) is 37.0. The van der Waals surface area contributed by atoms with Crippen LogP contribution in [0.15, 0.2) is 164 Å². The van der Waals surface area contributed by atoms with Crippen LogP contribution in [0, 0.1) is 0 Å². The normalized spacial score (nSPS) is 14.5. The number of nitrogens with one attached hydrogen (secondary N) is 2. The second-order valence-electron chi connectivity index (χ2n) is 15.3. The van der Waals surface area contributed by atoms with Crippen LogP contribution in [0.5, 0.6) is 0 Å². The Morgan fingerprint density at radius 1 is 0.509 bits per heavy atom. The fourth-order valence-corrected chi connectivity index (χ4v) is 10.3. The quantitative estimate of drug-likeness (QED) is 0.174. The van der Waals surface area contributed by atoms with E-state index < -0.39 is 0 Å². The van der Waals surface area contributed by atoms with Crippen LogP contribution >= 0.6 is 11.3 Å². The van der Waals surface area contributed by atoms with Gasteiger partial charge in [-0.15, -0.1) is 17.0 Å². The van der Waals surface area contributed by atoms with Crippen LogP contribution in [0.4, 0.5) is 0 Å². The van der Waals surface area contributed by atoms with E-state index in [-0.39, 0.29) is 5.41 Å². The second-order valence-corrected chi connectivity index (χ2v) is 16.3. The van der Waals surface area contributed by atoms with Crippen molar-refractivity contribution in [3.8, 4) is 22.3 Å². The number of benzene rings is 8. The molecule has 55 heavy (non-hydrogen) atoms. The number of thiophene rings is 1. The average Bonchev–Trinajstić information content (AvgIpc) is 3.84. The lowest BCUT2D eigenvalue weighted by atomic mass is 9.82. The molecule has 0 radical (unpaired) electrons. The highest BCUT2D eigenvalue weighted by molar-refractivity contribution is 7.25. The fraction of sp³-hybridized carbons (Fsp3) is 0.0588. The molecular weight excluding hydrogens is 687 g/mol. The van der Waals surface area contributed by atoms with Crippen LogP contribution in [0.25, 0.3) is 98.0 Å². The first kappa shape index (κ1) is 31.9. The van der Waals surface area contributed by atoms with Gasteiger partial charge in [-0.3, -0.25) is 0 Å². The molecule has 4 heteroatoms. The van der Waals surface area contributed by atoms with E-state index in [2.05, 4.69) is 158 Å². The van der Waals surface area contributed by atoms with Crippen molar-refractivity contribution in [2.45, 2.75) is 19.3 Å². The van der Waals surface area contributed by atoms with Crippen LogP contribution < -0.4 is 10.4 Å². The molecule has 2 N–H and O–H groups in total. The van der Waals surface area contributed by atoms with Crippen LogP contribution in [0.1, 0.15) is 30.5 Å². The molecule has 3 nitrogen and oxygen atoms in total. The molecule has 0 unspecified atom stereocenters. The molecule has 2 heterocycles. The summed E-state index contributed by atoms with van der Waals surface area (Å²) in [6.07, 6.45) is 0. The standard InChI is InChI=1S/C51H35N3S/c1-51(2)42-19-9-7-17-39(42)48-40(18-11-20-43(48)51)49(52)37-15-5-6-16-38(37)50(53)54-44-28-32(33-23-25-36-35-14-8-10-21-46(35)55-47(36)29-33)22-24-34(44)41-26-30-12-3-4-13-31(30)27-45(41)54/h3-29,52-53H,1-2H3/q-2/b49-37-,50-38+. The van der Waals surface area contributed by atoms with Gasteiger partial charge in [-0.2, -0.15) is 0 Å². The molecule has 1 aliphatic carbocycles. The van der Waals surface area contributed by atoms with Gasteiger partial charge in [-0.1, -0.05) is 165 Å². The molecule has 0 aliphatic heterocycles. The maximum Gasteiger partial charge on any atom is 0.0361 e. The van der Waals surface area contributed by atoms with Gasteiger partial charge in [0.05, 0.1) is 0 Å². The predicted octanol–water partition coefficient (Wildman–Crippen LogP) is 13.2. The summed E-state index contributed by atoms with van der Waals surface area (Å²) in [7, 11) is 0. The Kier molecular flexibility index (Phi) is 6.77. The fourth-order valence-electron chi connectivity index (χ4n) is 9.17. The van der Waals surface area contributed by atoms with Gasteiger partial charge in [-0.25, -0.2) is 0 Å². The van der Waals surface area contributed by atoms with Crippen LogP contribution in [0.2, 0.25) is 0 Å². The lowest BCUT2D eigenvalue weighted by Crippen LogP contribution is -2.29. The summed E-state index contributed by atoms with van der Waals surface area (Å²) in [4.78, 5) is 0. The molecule has 262 valence electrons. The van der Waals surface area contributed by atoms with E-state index in [9.17, 15) is 11.5 Å². The van der Waals surface area contributed by atoms with Crippen molar-refractivity contribution in [1.82, 2.24) is 4.57 Å². The Labute approximate surface area is 322 Å². The number of aromatic nitrogens is 1. The Morgan fingerprint density at radius 3 is 2.00 bits per heavy atom. The van der Waals surface area contributed by atoms with Gasteiger partial charge in [0.25, 0.3) is 0 Å². The highest BCUT2D eigenvalue weighted by Crippen LogP contribution is 2.50.